The van der Waals surface area contributed by atoms with E-state index in [9.17, 15) is 9.59 Å². The number of allylic oxidation sites excluding steroid dienone is 1. The lowest BCUT2D eigenvalue weighted by atomic mass is 10.1. The Balaban J connectivity index is 1.71. The second-order valence-electron chi connectivity index (χ2n) is 6.70. The molecular weight excluding hydrogens is 376 g/mol. The van der Waals surface area contributed by atoms with Crippen LogP contribution in [0.5, 0.6) is 5.75 Å². The molecule has 0 amide bonds. The van der Waals surface area contributed by atoms with E-state index in [0.717, 1.165) is 15.8 Å². The molecule has 1 N–H and O–H groups in total. The number of hydrogen-bond donors (Lipinski definition) is 1. The van der Waals surface area contributed by atoms with Crippen LogP contribution in [0.4, 0.5) is 0 Å². The van der Waals surface area contributed by atoms with Gasteiger partial charge in [-0.05, 0) is 68.1 Å². The van der Waals surface area contributed by atoms with E-state index in [2.05, 4.69) is 0 Å². The molecule has 144 valence electrons. The van der Waals surface area contributed by atoms with Gasteiger partial charge in [0.05, 0.1) is 0 Å². The van der Waals surface area contributed by atoms with E-state index in [1.54, 1.807) is 48.2 Å². The molecule has 0 saturated carbocycles. The number of ether oxygens (including phenoxy) is 1. The van der Waals surface area contributed by atoms with Crippen molar-refractivity contribution >= 4 is 40.6 Å². The van der Waals surface area contributed by atoms with E-state index >= 15 is 0 Å². The van der Waals surface area contributed by atoms with Crippen LogP contribution in [0, 0.1) is 0 Å². The summed E-state index contributed by atoms with van der Waals surface area (Å²) in [5.41, 5.74) is 0.158. The minimum absolute atomic E-state index is 0.228. The molecule has 0 aliphatic rings. The topological polar surface area (TPSA) is 76.7 Å². The quantitative estimate of drug-likeness (QED) is 0.332. The van der Waals surface area contributed by atoms with Crippen molar-refractivity contribution in [1.82, 2.24) is 0 Å². The number of benzene rings is 2. The average Bonchev–Trinajstić information content (AvgIpc) is 3.10. The third-order valence-corrected chi connectivity index (χ3v) is 4.89. The highest BCUT2D eigenvalue weighted by molar-refractivity contribution is 7.98. The fourth-order valence-electron chi connectivity index (χ4n) is 2.50. The Hall–Kier alpha value is -2.99. The summed E-state index contributed by atoms with van der Waals surface area (Å²) >= 11 is 1.61. The zero-order valence-electron chi connectivity index (χ0n) is 15.8. The zero-order chi connectivity index (χ0) is 20.3. The maximum absolute atomic E-state index is 12.4. The highest BCUT2D eigenvalue weighted by atomic mass is 32.2. The van der Waals surface area contributed by atoms with Crippen molar-refractivity contribution < 1.29 is 23.8 Å². The van der Waals surface area contributed by atoms with Crippen molar-refractivity contribution in [3.63, 3.8) is 0 Å². The van der Waals surface area contributed by atoms with Gasteiger partial charge in [0.2, 0.25) is 5.78 Å². The van der Waals surface area contributed by atoms with Crippen LogP contribution in [0.2, 0.25) is 0 Å². The Morgan fingerprint density at radius 2 is 1.82 bits per heavy atom. The third kappa shape index (κ3) is 4.46. The number of furan rings is 1. The van der Waals surface area contributed by atoms with E-state index in [4.69, 9.17) is 14.3 Å². The Morgan fingerprint density at radius 1 is 1.11 bits per heavy atom. The molecule has 3 aromatic rings. The Labute approximate surface area is 167 Å². The van der Waals surface area contributed by atoms with Crippen LogP contribution in [-0.2, 0) is 4.79 Å². The van der Waals surface area contributed by atoms with Gasteiger partial charge in [-0.25, -0.2) is 4.79 Å². The van der Waals surface area contributed by atoms with Crippen molar-refractivity contribution in [3.05, 3.63) is 65.9 Å². The molecular formula is C22H20O5S. The van der Waals surface area contributed by atoms with Gasteiger partial charge in [0.25, 0.3) is 0 Å². The molecule has 5 nitrogen and oxygen atoms in total. The van der Waals surface area contributed by atoms with Gasteiger partial charge in [0.15, 0.2) is 11.4 Å². The SMILES string of the molecule is CSc1ccc2cc(C(=O)/C=C/c3ccc(OC(C)(C)C(=O)O)cc3)oc2c1. The number of hydrogen-bond acceptors (Lipinski definition) is 5. The third-order valence-electron chi connectivity index (χ3n) is 4.17. The normalized spacial score (nSPS) is 11.8. The van der Waals surface area contributed by atoms with Gasteiger partial charge < -0.3 is 14.3 Å². The number of thioether (sulfide) groups is 1. The Kier molecular flexibility index (Phi) is 5.61. The standard InChI is InChI=1S/C22H20O5S/c1-22(2,21(24)25)27-16-8-4-14(5-9-16)6-11-18(23)20-12-15-7-10-17(28-3)13-19(15)26-20/h4-13H,1-3H3,(H,24,25)/b11-6+. The van der Waals surface area contributed by atoms with Crippen LogP contribution in [0.25, 0.3) is 17.0 Å². The predicted molar refractivity (Wildman–Crippen MR) is 110 cm³/mol. The number of carboxylic acid groups (broad SMARTS) is 1. The van der Waals surface area contributed by atoms with Gasteiger partial charge >= 0.3 is 5.97 Å². The van der Waals surface area contributed by atoms with Crippen molar-refractivity contribution in [2.24, 2.45) is 0 Å². The molecule has 2 aromatic carbocycles. The molecule has 3 rings (SSSR count). The molecule has 0 saturated heterocycles. The molecule has 0 radical (unpaired) electrons. The lowest BCUT2D eigenvalue weighted by molar-refractivity contribution is -0.152. The van der Waals surface area contributed by atoms with E-state index in [-0.39, 0.29) is 11.5 Å². The first-order chi connectivity index (χ1) is 13.3. The summed E-state index contributed by atoms with van der Waals surface area (Å²) in [6.45, 7) is 2.97. The molecule has 1 heterocycles. The minimum Gasteiger partial charge on any atom is -0.478 e. The summed E-state index contributed by atoms with van der Waals surface area (Å²) < 4.78 is 11.1. The number of rotatable bonds is 7. The van der Waals surface area contributed by atoms with Crippen LogP contribution in [0.15, 0.2) is 63.9 Å². The second-order valence-corrected chi connectivity index (χ2v) is 7.58. The van der Waals surface area contributed by atoms with Gasteiger partial charge in [-0.3, -0.25) is 4.79 Å². The Morgan fingerprint density at radius 3 is 2.46 bits per heavy atom. The molecule has 0 aliphatic heterocycles. The number of carboxylic acids is 1. The number of fused-ring (bicyclic) bond motifs is 1. The van der Waals surface area contributed by atoms with Gasteiger partial charge in [-0.15, -0.1) is 11.8 Å². The first-order valence-electron chi connectivity index (χ1n) is 8.61. The average molecular weight is 396 g/mol. The first-order valence-corrected chi connectivity index (χ1v) is 9.83. The van der Waals surface area contributed by atoms with Gasteiger partial charge in [0, 0.05) is 10.3 Å². The highest BCUT2D eigenvalue weighted by Crippen LogP contribution is 2.25. The second kappa shape index (κ2) is 7.94. The maximum Gasteiger partial charge on any atom is 0.347 e. The summed E-state index contributed by atoms with van der Waals surface area (Å²) in [5.74, 6) is -0.544. The van der Waals surface area contributed by atoms with Crippen LogP contribution >= 0.6 is 11.8 Å². The van der Waals surface area contributed by atoms with Crippen molar-refractivity contribution in [2.75, 3.05) is 6.26 Å². The van der Waals surface area contributed by atoms with Crippen molar-refractivity contribution in [1.29, 1.82) is 0 Å². The summed E-state index contributed by atoms with van der Waals surface area (Å²) in [4.78, 5) is 24.6. The van der Waals surface area contributed by atoms with E-state index in [0.29, 0.717) is 11.3 Å². The molecule has 0 atom stereocenters. The molecule has 0 aliphatic carbocycles. The Bertz CT molecular complexity index is 1040. The molecule has 28 heavy (non-hydrogen) atoms. The molecule has 0 spiro atoms. The first kappa shape index (κ1) is 19.8. The fourth-order valence-corrected chi connectivity index (χ4v) is 2.93. The van der Waals surface area contributed by atoms with E-state index in [1.165, 1.54) is 19.9 Å². The van der Waals surface area contributed by atoms with Crippen LogP contribution in [0.1, 0.15) is 30.0 Å². The maximum atomic E-state index is 12.4. The number of carbonyl (C=O) groups is 2. The van der Waals surface area contributed by atoms with E-state index in [1.807, 2.05) is 24.5 Å². The lowest BCUT2D eigenvalue weighted by Crippen LogP contribution is -2.37. The molecule has 6 heteroatoms. The van der Waals surface area contributed by atoms with Crippen molar-refractivity contribution in [3.8, 4) is 5.75 Å². The summed E-state index contributed by atoms with van der Waals surface area (Å²) in [6.07, 6.45) is 5.11. The van der Waals surface area contributed by atoms with Crippen LogP contribution in [-0.4, -0.2) is 28.7 Å². The highest BCUT2D eigenvalue weighted by Gasteiger charge is 2.29. The molecule has 1 aromatic heterocycles. The smallest absolute Gasteiger partial charge is 0.347 e. The molecule has 0 fully saturated rings. The van der Waals surface area contributed by atoms with Crippen LogP contribution < -0.4 is 4.74 Å². The zero-order valence-corrected chi connectivity index (χ0v) is 16.6. The van der Waals surface area contributed by atoms with Crippen molar-refractivity contribution in [2.45, 2.75) is 24.3 Å². The minimum atomic E-state index is -1.31. The largest absolute Gasteiger partial charge is 0.478 e. The van der Waals surface area contributed by atoms with Gasteiger partial charge in [0.1, 0.15) is 11.3 Å². The number of aliphatic carboxylic acids is 1. The van der Waals surface area contributed by atoms with Gasteiger partial charge in [-0.1, -0.05) is 18.2 Å². The fraction of sp³-hybridized carbons (Fsp3) is 0.182. The predicted octanol–water partition coefficient (Wildman–Crippen LogP) is 5.29. The van der Waals surface area contributed by atoms with Gasteiger partial charge in [-0.2, -0.15) is 0 Å². The number of ketones is 1. The van der Waals surface area contributed by atoms with Crippen LogP contribution in [0.3, 0.4) is 0 Å². The molecule has 0 unspecified atom stereocenters. The summed E-state index contributed by atoms with van der Waals surface area (Å²) in [5, 5.41) is 9.99. The lowest BCUT2D eigenvalue weighted by Gasteiger charge is -2.21. The summed E-state index contributed by atoms with van der Waals surface area (Å²) in [7, 11) is 0. The monoisotopic (exact) mass is 396 g/mol. The van der Waals surface area contributed by atoms with E-state index < -0.39 is 11.6 Å². The molecule has 0 bridgehead atoms. The number of carbonyl (C=O) groups excluding carboxylic acids is 1. The summed E-state index contributed by atoms with van der Waals surface area (Å²) in [6, 6.07) is 14.4.